The number of rotatable bonds is 7. The van der Waals surface area contributed by atoms with E-state index >= 15 is 0 Å². The van der Waals surface area contributed by atoms with E-state index in [1.807, 2.05) is 42.5 Å². The van der Waals surface area contributed by atoms with Crippen molar-refractivity contribution in [2.45, 2.75) is 25.9 Å². The maximum Gasteiger partial charge on any atom is 0.411 e. The maximum absolute atomic E-state index is 13.1. The minimum atomic E-state index is -0.629. The van der Waals surface area contributed by atoms with E-state index < -0.39 is 18.0 Å². The van der Waals surface area contributed by atoms with E-state index in [1.54, 1.807) is 11.8 Å². The Hall–Kier alpha value is -4.62. The number of ether oxygens (including phenoxy) is 2. The van der Waals surface area contributed by atoms with Gasteiger partial charge in [-0.3, -0.25) is 14.4 Å². The monoisotopic (exact) mass is 546 g/mol. The maximum atomic E-state index is 13.1. The van der Waals surface area contributed by atoms with Gasteiger partial charge in [0.15, 0.2) is 12.4 Å². The summed E-state index contributed by atoms with van der Waals surface area (Å²) in [6, 6.07) is 12.9. The lowest BCUT2D eigenvalue weighted by Gasteiger charge is -2.35. The highest BCUT2D eigenvalue weighted by Crippen LogP contribution is 2.39. The van der Waals surface area contributed by atoms with E-state index in [-0.39, 0.29) is 18.0 Å². The van der Waals surface area contributed by atoms with E-state index in [0.717, 1.165) is 27.7 Å². The number of nitrogen functional groups attached to an aromatic ring is 1. The number of H-pyrrole nitrogens is 1. The molecule has 10 nitrogen and oxygen atoms in total. The summed E-state index contributed by atoms with van der Waals surface area (Å²) in [5, 5.41) is 5.78. The van der Waals surface area contributed by atoms with E-state index in [9.17, 15) is 9.59 Å². The second-order valence-electron chi connectivity index (χ2n) is 9.01. The van der Waals surface area contributed by atoms with Crippen molar-refractivity contribution in [2.24, 2.45) is 5.73 Å². The van der Waals surface area contributed by atoms with Crippen molar-refractivity contribution in [3.05, 3.63) is 76.1 Å². The first-order valence-corrected chi connectivity index (χ1v) is 12.7. The average molecular weight is 547 g/mol. The summed E-state index contributed by atoms with van der Waals surface area (Å²) in [7, 11) is 0. The first kappa shape index (κ1) is 26.0. The van der Waals surface area contributed by atoms with Crippen LogP contribution < -0.4 is 16.2 Å². The van der Waals surface area contributed by atoms with Crippen LogP contribution in [0.15, 0.2) is 48.7 Å². The van der Waals surface area contributed by atoms with Crippen molar-refractivity contribution in [3.63, 3.8) is 0 Å². The number of hydrogen-bond acceptors (Lipinski definition) is 6. The van der Waals surface area contributed by atoms with Gasteiger partial charge in [-0.15, -0.1) is 5.92 Å². The van der Waals surface area contributed by atoms with Crippen LogP contribution >= 0.6 is 11.6 Å². The van der Waals surface area contributed by atoms with Gasteiger partial charge in [0.25, 0.3) is 5.91 Å². The standard InChI is InChI=1S/C28H27ClN6O4/c1-2-3-13-39-28(37)35-11-10-20-21-15-18(29)6-9-23(21)32-24(20)25(35)17-4-7-19(8-5-17)38-14-12-34-16-22(27(31)36)26(30)33-34/h4-9,15-16,25,32H,10-14H2,1H3,(H2,30,33)(H2,31,36). The molecule has 4 aromatic rings. The van der Waals surface area contributed by atoms with Crippen LogP contribution in [-0.4, -0.2) is 51.4 Å². The molecule has 0 aliphatic carbocycles. The van der Waals surface area contributed by atoms with Crippen molar-refractivity contribution in [3.8, 4) is 17.6 Å². The highest BCUT2D eigenvalue weighted by atomic mass is 35.5. The lowest BCUT2D eigenvalue weighted by atomic mass is 9.92. The topological polar surface area (TPSA) is 141 Å². The van der Waals surface area contributed by atoms with Gasteiger partial charge in [-0.25, -0.2) is 4.79 Å². The summed E-state index contributed by atoms with van der Waals surface area (Å²) in [5.41, 5.74) is 15.1. The number of nitrogens with one attached hydrogen (secondary N) is 1. The van der Waals surface area contributed by atoms with E-state index in [4.69, 9.17) is 32.5 Å². The Balaban J connectivity index is 1.37. The molecule has 2 aromatic carbocycles. The molecular weight excluding hydrogens is 520 g/mol. The van der Waals surface area contributed by atoms with Gasteiger partial charge in [0, 0.05) is 34.4 Å². The summed E-state index contributed by atoms with van der Waals surface area (Å²) in [5.74, 6) is 5.61. The number of benzene rings is 2. The first-order chi connectivity index (χ1) is 18.9. The Labute approximate surface area is 229 Å². The summed E-state index contributed by atoms with van der Waals surface area (Å²) in [4.78, 5) is 29.7. The van der Waals surface area contributed by atoms with E-state index in [0.29, 0.717) is 36.9 Å². The van der Waals surface area contributed by atoms with Gasteiger partial charge in [-0.05, 0) is 54.8 Å². The van der Waals surface area contributed by atoms with E-state index in [2.05, 4.69) is 21.9 Å². The highest BCUT2D eigenvalue weighted by molar-refractivity contribution is 6.31. The van der Waals surface area contributed by atoms with Crippen molar-refractivity contribution in [1.82, 2.24) is 19.7 Å². The number of fused-ring (bicyclic) bond motifs is 3. The molecule has 200 valence electrons. The largest absolute Gasteiger partial charge is 0.492 e. The molecule has 0 spiro atoms. The molecule has 0 saturated heterocycles. The Bertz CT molecular complexity index is 1600. The number of nitrogens with two attached hydrogens (primary N) is 2. The molecule has 1 aliphatic heterocycles. The number of anilines is 1. The molecule has 3 heterocycles. The molecule has 0 fully saturated rings. The van der Waals surface area contributed by atoms with Gasteiger partial charge in [0.1, 0.15) is 24.0 Å². The Morgan fingerprint density at radius 1 is 1.23 bits per heavy atom. The fourth-order valence-corrected chi connectivity index (χ4v) is 4.97. The molecule has 1 aliphatic rings. The van der Waals surface area contributed by atoms with E-state index in [1.165, 1.54) is 10.9 Å². The third-order valence-corrected chi connectivity index (χ3v) is 6.84. The zero-order valence-corrected chi connectivity index (χ0v) is 22.0. The Morgan fingerprint density at radius 3 is 2.74 bits per heavy atom. The molecule has 0 radical (unpaired) electrons. The van der Waals surface area contributed by atoms with Crippen LogP contribution in [0.3, 0.4) is 0 Å². The Morgan fingerprint density at radius 2 is 2.03 bits per heavy atom. The summed E-state index contributed by atoms with van der Waals surface area (Å²) >= 11 is 6.29. The smallest absolute Gasteiger partial charge is 0.411 e. The lowest BCUT2D eigenvalue weighted by molar-refractivity contribution is 0.0988. The predicted molar refractivity (Wildman–Crippen MR) is 147 cm³/mol. The molecule has 11 heteroatoms. The third-order valence-electron chi connectivity index (χ3n) is 6.61. The highest BCUT2D eigenvalue weighted by Gasteiger charge is 2.35. The van der Waals surface area contributed by atoms with Crippen molar-refractivity contribution >= 4 is 40.3 Å². The number of carbonyl (C=O) groups excluding carboxylic acids is 2. The number of aromatic nitrogens is 3. The summed E-state index contributed by atoms with van der Waals surface area (Å²) < 4.78 is 12.8. The number of hydrogen-bond donors (Lipinski definition) is 3. The summed E-state index contributed by atoms with van der Waals surface area (Å²) in [6.45, 7) is 2.89. The van der Waals surface area contributed by atoms with Gasteiger partial charge >= 0.3 is 6.09 Å². The first-order valence-electron chi connectivity index (χ1n) is 12.3. The van der Waals surface area contributed by atoms with Crippen LogP contribution in [0.4, 0.5) is 10.6 Å². The van der Waals surface area contributed by atoms with Crippen LogP contribution in [0.5, 0.6) is 5.75 Å². The SMILES string of the molecule is CC#CCOC(=O)N1CCc2c([nH]c3ccc(Cl)cc23)C1c1ccc(OCCn2cc(C(N)=O)c(N)n2)cc1. The third kappa shape index (κ3) is 5.35. The van der Waals surface area contributed by atoms with Crippen molar-refractivity contribution in [1.29, 1.82) is 0 Å². The number of carbonyl (C=O) groups is 2. The molecule has 0 saturated carbocycles. The van der Waals surface area contributed by atoms with Crippen LogP contribution in [-0.2, 0) is 17.7 Å². The molecular formula is C28H27ClN6O4. The Kier molecular flexibility index (Phi) is 7.34. The lowest BCUT2D eigenvalue weighted by Crippen LogP contribution is -2.41. The van der Waals surface area contributed by atoms with Gasteiger partial charge in [-0.2, -0.15) is 5.10 Å². The molecule has 5 rings (SSSR count). The average Bonchev–Trinajstić information content (AvgIpc) is 3.48. The van der Waals surface area contributed by atoms with Gasteiger partial charge in [0.05, 0.1) is 6.54 Å². The van der Waals surface area contributed by atoms with Crippen LogP contribution in [0.25, 0.3) is 10.9 Å². The molecule has 1 atom stereocenters. The zero-order chi connectivity index (χ0) is 27.5. The number of nitrogens with zero attached hydrogens (tertiary/aromatic N) is 3. The molecule has 5 N–H and O–H groups in total. The minimum absolute atomic E-state index is 0.0311. The fraction of sp³-hybridized carbons (Fsp3) is 0.250. The fourth-order valence-electron chi connectivity index (χ4n) is 4.80. The second-order valence-corrected chi connectivity index (χ2v) is 9.44. The second kappa shape index (κ2) is 11.0. The van der Waals surface area contributed by atoms with Crippen LogP contribution in [0.1, 0.15) is 40.1 Å². The van der Waals surface area contributed by atoms with Gasteiger partial charge in [-0.1, -0.05) is 29.7 Å². The molecule has 1 unspecified atom stereocenters. The zero-order valence-electron chi connectivity index (χ0n) is 21.2. The summed E-state index contributed by atoms with van der Waals surface area (Å²) in [6.07, 6.45) is 1.73. The molecule has 39 heavy (non-hydrogen) atoms. The quantitative estimate of drug-likeness (QED) is 0.300. The number of amides is 2. The molecule has 2 aromatic heterocycles. The number of primary amides is 1. The number of aromatic amines is 1. The van der Waals surface area contributed by atoms with Crippen LogP contribution in [0.2, 0.25) is 5.02 Å². The minimum Gasteiger partial charge on any atom is -0.492 e. The van der Waals surface area contributed by atoms with Crippen molar-refractivity contribution < 1.29 is 19.1 Å². The van der Waals surface area contributed by atoms with Crippen molar-refractivity contribution in [2.75, 3.05) is 25.5 Å². The molecule has 0 bridgehead atoms. The van der Waals surface area contributed by atoms with Gasteiger partial charge < -0.3 is 25.9 Å². The normalized spacial score (nSPS) is 14.4. The van der Waals surface area contributed by atoms with Gasteiger partial charge in [0.2, 0.25) is 0 Å². The molecule has 2 amide bonds. The predicted octanol–water partition coefficient (Wildman–Crippen LogP) is 3.89. The van der Waals surface area contributed by atoms with Crippen LogP contribution in [0, 0.1) is 11.8 Å². The number of halogens is 1.